The van der Waals surface area contributed by atoms with Crippen molar-refractivity contribution in [3.8, 4) is 0 Å². The van der Waals surface area contributed by atoms with E-state index in [-0.39, 0.29) is 16.4 Å². The van der Waals surface area contributed by atoms with Crippen molar-refractivity contribution < 1.29 is 9.71 Å². The van der Waals surface area contributed by atoms with Crippen LogP contribution in [0.25, 0.3) is 16.3 Å². The van der Waals surface area contributed by atoms with Crippen LogP contribution in [0.1, 0.15) is 0 Å². The normalized spacial score (nSPS) is 11.5. The first-order valence-corrected chi connectivity index (χ1v) is 6.31. The summed E-state index contributed by atoms with van der Waals surface area (Å²) in [4.78, 5) is 29.6. The number of nitro benzene ring substituents is 1. The molecule has 0 atom stereocenters. The molecule has 0 radical (unpaired) electrons. The second-order valence-electron chi connectivity index (χ2n) is 4.56. The highest BCUT2D eigenvalue weighted by Crippen LogP contribution is 2.17. The molecule has 3 rings (SSSR count). The van der Waals surface area contributed by atoms with E-state index >= 15 is 0 Å². The van der Waals surface area contributed by atoms with Crippen LogP contribution >= 0.6 is 0 Å². The van der Waals surface area contributed by atoms with Crippen molar-refractivity contribution in [3.05, 3.63) is 85.1 Å². The van der Waals surface area contributed by atoms with Crippen molar-refractivity contribution in [3.63, 3.8) is 0 Å². The molecule has 0 N–H and O–H groups in total. The fourth-order valence-corrected chi connectivity index (χ4v) is 2.23. The predicted molar refractivity (Wildman–Crippen MR) is 77.7 cm³/mol. The van der Waals surface area contributed by atoms with Crippen LogP contribution in [0.3, 0.4) is 0 Å². The van der Waals surface area contributed by atoms with Crippen LogP contribution in [0, 0.1) is 10.1 Å². The molecule has 0 aliphatic heterocycles. The van der Waals surface area contributed by atoms with Gasteiger partial charge in [0, 0.05) is 22.9 Å². The van der Waals surface area contributed by atoms with E-state index in [0.29, 0.717) is 16.5 Å². The molecule has 3 aromatic rings. The van der Waals surface area contributed by atoms with Gasteiger partial charge in [0.2, 0.25) is 0 Å². The van der Waals surface area contributed by atoms with Gasteiger partial charge in [-0.05, 0) is 12.1 Å². The molecular weight excluding hydrogens is 284 g/mol. The summed E-state index contributed by atoms with van der Waals surface area (Å²) in [6.07, 6.45) is 0. The minimum absolute atomic E-state index is 0.0529. The second-order valence-corrected chi connectivity index (χ2v) is 4.56. The number of nitro groups is 1. The van der Waals surface area contributed by atoms with Gasteiger partial charge in [0.25, 0.3) is 11.1 Å². The second kappa shape index (κ2) is 5.16. The molecular formula is C15H8N4O3. The van der Waals surface area contributed by atoms with Gasteiger partial charge in [-0.15, -0.1) is 0 Å². The molecule has 106 valence electrons. The molecule has 0 heterocycles. The average molecular weight is 292 g/mol. The van der Waals surface area contributed by atoms with Crippen molar-refractivity contribution in [1.29, 1.82) is 0 Å². The van der Waals surface area contributed by atoms with Crippen molar-refractivity contribution in [2.24, 2.45) is 4.99 Å². The number of non-ortho nitro benzene ring substituents is 1. The molecule has 0 saturated carbocycles. The number of fused-ring (bicyclic) bond motifs is 1. The molecule has 0 bridgehead atoms. The van der Waals surface area contributed by atoms with Crippen LogP contribution < -0.4 is 16.1 Å². The number of benzene rings is 2. The van der Waals surface area contributed by atoms with Crippen LogP contribution in [0.15, 0.2) is 58.3 Å². The van der Waals surface area contributed by atoms with E-state index in [1.165, 1.54) is 24.3 Å². The number of hydrogen-bond donors (Lipinski definition) is 0. The Morgan fingerprint density at radius 2 is 1.68 bits per heavy atom. The maximum Gasteiger partial charge on any atom is 0.388 e. The summed E-state index contributed by atoms with van der Waals surface area (Å²) >= 11 is 0. The maximum absolute atomic E-state index is 12.1. The summed E-state index contributed by atoms with van der Waals surface area (Å²) in [6, 6.07) is 12.3. The molecule has 22 heavy (non-hydrogen) atoms. The molecule has 3 aromatic carbocycles. The first kappa shape index (κ1) is 13.5. The zero-order valence-corrected chi connectivity index (χ0v) is 11.1. The zero-order valence-electron chi connectivity index (χ0n) is 11.1. The molecule has 7 heteroatoms. The molecule has 7 nitrogen and oxygen atoms in total. The highest BCUT2D eigenvalue weighted by Gasteiger charge is 2.14. The lowest BCUT2D eigenvalue weighted by atomic mass is 10.2. The highest BCUT2D eigenvalue weighted by molar-refractivity contribution is 5.83. The van der Waals surface area contributed by atoms with Crippen molar-refractivity contribution >= 4 is 22.1 Å². The Bertz CT molecular complexity index is 1070. The lowest BCUT2D eigenvalue weighted by Gasteiger charge is -1.92. The summed E-state index contributed by atoms with van der Waals surface area (Å²) in [7, 11) is 0. The number of rotatable bonds is 2. The Labute approximate surface area is 122 Å². The van der Waals surface area contributed by atoms with Crippen LogP contribution in [0.4, 0.5) is 11.4 Å². The molecule has 0 unspecified atom stereocenters. The standard InChI is InChI=1S/C15H8N4O3/c16-18-14-13(11-3-1-2-4-12(11)15(14)20)17-9-5-7-10(8-6-9)19(21)22/h1-8H. The lowest BCUT2D eigenvalue weighted by molar-refractivity contribution is -0.384. The monoisotopic (exact) mass is 292 g/mol. The maximum atomic E-state index is 12.1. The van der Waals surface area contributed by atoms with E-state index < -0.39 is 10.4 Å². The first-order valence-electron chi connectivity index (χ1n) is 6.31. The van der Waals surface area contributed by atoms with Crippen molar-refractivity contribution in [2.45, 2.75) is 0 Å². The van der Waals surface area contributed by atoms with E-state index in [1.54, 1.807) is 24.3 Å². The van der Waals surface area contributed by atoms with E-state index in [9.17, 15) is 14.9 Å². The summed E-state index contributed by atoms with van der Waals surface area (Å²) in [6.45, 7) is 0. The van der Waals surface area contributed by atoms with Crippen LogP contribution in [-0.2, 0) is 0 Å². The third-order valence-corrected chi connectivity index (χ3v) is 3.27. The SMILES string of the molecule is [N-]=[N+]=c1c(=O)c2ccccc2c1=Nc1ccc([N+](=O)[O-])cc1. The predicted octanol–water partition coefficient (Wildman–Crippen LogP) is 1.35. The Hall–Kier alpha value is -3.44. The largest absolute Gasteiger partial charge is 0.388 e. The third-order valence-electron chi connectivity index (χ3n) is 3.27. The van der Waals surface area contributed by atoms with Crippen molar-refractivity contribution in [2.75, 3.05) is 0 Å². The van der Waals surface area contributed by atoms with Gasteiger partial charge in [-0.1, -0.05) is 24.3 Å². The van der Waals surface area contributed by atoms with Gasteiger partial charge >= 0.3 is 5.36 Å². The van der Waals surface area contributed by atoms with Crippen molar-refractivity contribution in [1.82, 2.24) is 0 Å². The van der Waals surface area contributed by atoms with Gasteiger partial charge in [0.1, 0.15) is 0 Å². The smallest absolute Gasteiger partial charge is 0.361 e. The number of hydrogen-bond acceptors (Lipinski definition) is 4. The summed E-state index contributed by atoms with van der Waals surface area (Å²) in [5.74, 6) is 0. The highest BCUT2D eigenvalue weighted by atomic mass is 16.6. The van der Waals surface area contributed by atoms with E-state index in [4.69, 9.17) is 5.53 Å². The average Bonchev–Trinajstić information content (AvgIpc) is 2.80. The fourth-order valence-electron chi connectivity index (χ4n) is 2.23. The van der Waals surface area contributed by atoms with Gasteiger partial charge in [0.05, 0.1) is 10.6 Å². The Morgan fingerprint density at radius 3 is 2.27 bits per heavy atom. The molecule has 0 amide bonds. The van der Waals surface area contributed by atoms with Gasteiger partial charge in [-0.2, -0.15) is 4.79 Å². The molecule has 0 fully saturated rings. The van der Waals surface area contributed by atoms with Crippen LogP contribution in [-0.4, -0.2) is 9.71 Å². The van der Waals surface area contributed by atoms with Gasteiger partial charge in [-0.25, -0.2) is 4.99 Å². The quantitative estimate of drug-likeness (QED) is 0.307. The van der Waals surface area contributed by atoms with Crippen LogP contribution in [0.5, 0.6) is 0 Å². The topological polar surface area (TPSA) is 109 Å². The summed E-state index contributed by atoms with van der Waals surface area (Å²) in [5, 5.41) is 11.7. The Balaban J connectivity index is 2.32. The zero-order chi connectivity index (χ0) is 15.7. The molecule has 0 saturated heterocycles. The van der Waals surface area contributed by atoms with E-state index in [0.717, 1.165) is 0 Å². The van der Waals surface area contributed by atoms with Gasteiger partial charge in [-0.3, -0.25) is 14.9 Å². The molecule has 0 spiro atoms. The van der Waals surface area contributed by atoms with Gasteiger partial charge < -0.3 is 5.53 Å². The van der Waals surface area contributed by atoms with Crippen LogP contribution in [0.2, 0.25) is 0 Å². The fraction of sp³-hybridized carbons (Fsp3) is 0. The van der Waals surface area contributed by atoms with Gasteiger partial charge in [0.15, 0.2) is 5.36 Å². The summed E-state index contributed by atoms with van der Waals surface area (Å²) in [5.41, 5.74) is 9.04. The first-order chi connectivity index (χ1) is 10.6. The Morgan fingerprint density at radius 1 is 1.05 bits per heavy atom. The third kappa shape index (κ3) is 2.11. The minimum atomic E-state index is -0.508. The van der Waals surface area contributed by atoms with E-state index in [1.807, 2.05) is 0 Å². The summed E-state index contributed by atoms with van der Waals surface area (Å²) < 4.78 is 0. The molecule has 0 aromatic heterocycles. The molecule has 0 aliphatic rings. The molecule has 0 aliphatic carbocycles. The minimum Gasteiger partial charge on any atom is -0.361 e. The Kier molecular flexibility index (Phi) is 3.17. The lowest BCUT2D eigenvalue weighted by Crippen LogP contribution is -2.33. The number of nitrogens with zero attached hydrogens (tertiary/aromatic N) is 4. The van der Waals surface area contributed by atoms with E-state index in [2.05, 4.69) is 9.78 Å².